The molecule has 93 heavy (non-hydrogen) atoms. The molecule has 0 aliphatic carbocycles. The maximum absolute atomic E-state index is 12.1. The van der Waals surface area contributed by atoms with Crippen molar-refractivity contribution in [3.63, 3.8) is 0 Å². The highest BCUT2D eigenvalue weighted by Crippen LogP contribution is 2.30. The Labute approximate surface area is 559 Å². The van der Waals surface area contributed by atoms with Gasteiger partial charge in [-0.3, -0.25) is 14.7 Å². The average molecular weight is 1510 g/mol. The molecule has 38 nitrogen and oxygen atoms in total. The van der Waals surface area contributed by atoms with E-state index in [-0.39, 0.29) is 48.6 Å². The topological polar surface area (TPSA) is 453 Å². The van der Waals surface area contributed by atoms with E-state index in [4.69, 9.17) is 34.3 Å². The lowest BCUT2D eigenvalue weighted by molar-refractivity contribution is -0.133. The van der Waals surface area contributed by atoms with Crippen molar-refractivity contribution in [2.45, 2.75) is 151 Å². The number of rotatable bonds is 10. The SMILES string of the molecule is CC(C)(C)OC(=O)N1CCn2nnc(Br)c21.CC(C)(C)OC(=O)N1CCn2nnc(C(=O)O)c21.COC(=O)C#CBr.COC(=O)c1nnn(CCNC(=O)OC(C)(C)C)c1Br.COC(=O)c1nnn2c1N(C(=O)OC(C)(C)C)CC2.[CH2+]C(C)(C)OC(=O)NCCN=[N+]=[N-]. The zero-order chi connectivity index (χ0) is 71.0. The van der Waals surface area contributed by atoms with E-state index in [1.54, 1.807) is 80.8 Å². The van der Waals surface area contributed by atoms with Crippen molar-refractivity contribution in [2.24, 2.45) is 5.11 Å². The van der Waals surface area contributed by atoms with Crippen LogP contribution in [0.5, 0.6) is 0 Å². The van der Waals surface area contributed by atoms with Crippen molar-refractivity contribution in [1.82, 2.24) is 70.6 Å². The third kappa shape index (κ3) is 27.8. The summed E-state index contributed by atoms with van der Waals surface area (Å²) in [4.78, 5) is 111. The van der Waals surface area contributed by atoms with E-state index in [1.807, 2.05) is 20.8 Å². The highest BCUT2D eigenvalue weighted by Gasteiger charge is 2.38. The Kier molecular flexibility index (Phi) is 30.7. The molecule has 4 aromatic heterocycles. The number of amides is 5. The van der Waals surface area contributed by atoms with E-state index in [0.29, 0.717) is 66.7 Å². The van der Waals surface area contributed by atoms with Gasteiger partial charge in [0.05, 0.1) is 67.1 Å². The summed E-state index contributed by atoms with van der Waals surface area (Å²) in [5.74, 6) is 0.305. The van der Waals surface area contributed by atoms with E-state index in [1.165, 1.54) is 50.1 Å². The van der Waals surface area contributed by atoms with Gasteiger partial charge in [-0.25, -0.2) is 61.9 Å². The maximum Gasteiger partial charge on any atom is 0.416 e. The van der Waals surface area contributed by atoms with Gasteiger partial charge in [0.2, 0.25) is 22.7 Å². The van der Waals surface area contributed by atoms with Crippen LogP contribution in [0.15, 0.2) is 14.3 Å². The van der Waals surface area contributed by atoms with Crippen molar-refractivity contribution in [1.29, 1.82) is 0 Å². The Bertz CT molecular complexity index is 3370. The molecule has 0 aromatic carbocycles. The molecule has 0 spiro atoms. The number of aromatic nitrogens is 12. The first-order chi connectivity index (χ1) is 43.0. The number of hydrogen-bond donors (Lipinski definition) is 3. The minimum atomic E-state index is -1.22. The van der Waals surface area contributed by atoms with Crippen LogP contribution in [0, 0.1) is 17.7 Å². The van der Waals surface area contributed by atoms with Crippen molar-refractivity contribution < 1.29 is 86.2 Å². The van der Waals surface area contributed by atoms with Gasteiger partial charge < -0.3 is 53.6 Å². The number of carbonyl (C=O) groups is 9. The van der Waals surface area contributed by atoms with Crippen molar-refractivity contribution in [3.8, 4) is 10.8 Å². The lowest BCUT2D eigenvalue weighted by atomic mass is 10.2. The van der Waals surface area contributed by atoms with Gasteiger partial charge in [0.25, 0.3) is 0 Å². The monoisotopic (exact) mass is 1510 g/mol. The number of ether oxygens (including phenoxy) is 8. The van der Waals surface area contributed by atoms with Gasteiger partial charge in [-0.1, -0.05) is 26.0 Å². The van der Waals surface area contributed by atoms with Crippen LogP contribution < -0.4 is 25.3 Å². The quantitative estimate of drug-likeness (QED) is 0.0213. The first-order valence-corrected chi connectivity index (χ1v) is 29.9. The standard InChI is InChI=1S/C11H17BrN4O4.C11H16N4O4.C10H14N4O4.C9H13BrN4O2.C7H12N4O2.C4H3BrO2/c1-11(2,3)20-10(18)13-5-6-16-8(12)7(14-15-16)9(17)19-4;1-11(2,3)19-10(17)14-5-6-15-8(14)7(12-13-15)9(16)18-4;1-10(2,3)18-9(17)13-4-5-14-7(13)6(8(15)16)11-12-14;1-9(2,3)16-8(15)13-4-5-14-7(13)6(10)11-12-14;1-7(2,3)13-6(12)9-4-5-10-11-8;1-7-4(6)2-3-5/h5-6H2,1-4H3,(H,13,18);5-6H2,1-4H3;4-5H2,1-3H3,(H,15,16);4-5H2,1-3H3;1,4-5H2,2-3H3;1H3/p+1. The molecule has 7 heterocycles. The summed E-state index contributed by atoms with van der Waals surface area (Å²) < 4.78 is 46.0. The highest BCUT2D eigenvalue weighted by atomic mass is 79.9. The lowest BCUT2D eigenvalue weighted by Gasteiger charge is -2.23. The number of carboxylic acids is 1. The number of esters is 3. The Morgan fingerprint density at radius 1 is 0.570 bits per heavy atom. The summed E-state index contributed by atoms with van der Waals surface area (Å²) in [5, 5.41) is 47.2. The minimum absolute atomic E-state index is 0.0193. The number of nitrogens with zero attached hydrogens (tertiary/aromatic N) is 18. The number of alkyl carbamates (subject to hydrolysis) is 2. The van der Waals surface area contributed by atoms with Gasteiger partial charge in [0.15, 0.2) is 22.1 Å². The summed E-state index contributed by atoms with van der Waals surface area (Å²) in [7, 11) is 3.79. The number of halogens is 3. The summed E-state index contributed by atoms with van der Waals surface area (Å²) >= 11 is 9.19. The molecule has 0 unspecified atom stereocenters. The number of anilines is 3. The highest BCUT2D eigenvalue weighted by molar-refractivity contribution is 9.12. The van der Waals surface area contributed by atoms with Gasteiger partial charge >= 0.3 is 54.3 Å². The molecular weight excluding hydrogens is 1430 g/mol. The van der Waals surface area contributed by atoms with Crippen LogP contribution in [0.1, 0.15) is 128 Å². The van der Waals surface area contributed by atoms with Crippen molar-refractivity contribution in [3.05, 3.63) is 43.7 Å². The van der Waals surface area contributed by atoms with E-state index >= 15 is 0 Å². The largest absolute Gasteiger partial charge is 0.476 e. The molecule has 512 valence electrons. The Morgan fingerprint density at radius 3 is 1.38 bits per heavy atom. The molecule has 7 rings (SSSR count). The molecule has 0 fully saturated rings. The van der Waals surface area contributed by atoms with Gasteiger partial charge in [0, 0.05) is 60.2 Å². The lowest BCUT2D eigenvalue weighted by Crippen LogP contribution is -2.36. The summed E-state index contributed by atoms with van der Waals surface area (Å²) in [6.45, 7) is 32.3. The molecule has 0 saturated heterocycles. The number of carboxylic acid groups (broad SMARTS) is 1. The number of nitrogens with one attached hydrogen (secondary N) is 2. The van der Waals surface area contributed by atoms with Crippen molar-refractivity contribution >= 4 is 120 Å². The third-order valence-corrected chi connectivity index (χ3v) is 11.7. The molecule has 3 aliphatic heterocycles. The fraction of sp³-hybridized carbons (Fsp3) is 0.615. The second-order valence-electron chi connectivity index (χ2n) is 23.2. The Hall–Kier alpha value is -9.03. The Morgan fingerprint density at radius 2 is 0.968 bits per heavy atom. The van der Waals surface area contributed by atoms with E-state index < -0.39 is 76.3 Å². The van der Waals surface area contributed by atoms with Crippen LogP contribution in [0.2, 0.25) is 0 Å². The molecule has 0 atom stereocenters. The van der Waals surface area contributed by atoms with E-state index in [0.717, 1.165) is 0 Å². The fourth-order valence-corrected chi connectivity index (χ4v) is 7.91. The van der Waals surface area contributed by atoms with Gasteiger partial charge in [-0.2, -0.15) is 0 Å². The average Bonchev–Trinajstić information content (AvgIpc) is 1.69. The van der Waals surface area contributed by atoms with E-state index in [2.05, 4.69) is 142 Å². The first kappa shape index (κ1) is 80.1. The molecule has 4 aromatic rings. The number of aromatic carboxylic acids is 1. The number of methoxy groups -OCH3 is 3. The van der Waals surface area contributed by atoms with Gasteiger partial charge in [-0.15, -0.1) is 20.4 Å². The molecular formula is C52H76Br3N20O18+. The van der Waals surface area contributed by atoms with Crippen LogP contribution in [-0.2, 0) is 68.9 Å². The number of fused-ring (bicyclic) bond motifs is 3. The number of hydrogen-bond acceptors (Lipinski definition) is 26. The second-order valence-corrected chi connectivity index (χ2v) is 25.1. The number of carbonyl (C=O) groups excluding carboxylic acids is 8. The van der Waals surface area contributed by atoms with E-state index in [9.17, 15) is 43.2 Å². The summed E-state index contributed by atoms with van der Waals surface area (Å²) in [6, 6.07) is 0. The normalized spacial score (nSPS) is 12.5. The molecule has 0 saturated carbocycles. The number of azide groups is 1. The van der Waals surface area contributed by atoms with Crippen LogP contribution in [-0.4, -0.2) is 208 Å². The van der Waals surface area contributed by atoms with Gasteiger partial charge in [0.1, 0.15) is 33.9 Å². The predicted molar refractivity (Wildman–Crippen MR) is 337 cm³/mol. The molecule has 0 radical (unpaired) electrons. The Balaban J connectivity index is 0.000000388. The van der Waals surface area contributed by atoms with Crippen LogP contribution in [0.3, 0.4) is 0 Å². The molecule has 5 amide bonds. The molecule has 41 heteroatoms. The minimum Gasteiger partial charge on any atom is -0.476 e. The summed E-state index contributed by atoms with van der Waals surface area (Å²) in [6.07, 6.45) is -2.56. The van der Waals surface area contributed by atoms with Gasteiger partial charge in [-0.05, 0) is 125 Å². The maximum atomic E-state index is 12.1. The smallest absolute Gasteiger partial charge is 0.416 e. The predicted octanol–water partition coefficient (Wildman–Crippen LogP) is 6.85. The van der Waals surface area contributed by atoms with Crippen LogP contribution in [0.4, 0.5) is 41.4 Å². The summed E-state index contributed by atoms with van der Waals surface area (Å²) in [5.41, 5.74) is 4.76. The second kappa shape index (κ2) is 35.7. The van der Waals surface area contributed by atoms with Crippen molar-refractivity contribution in [2.75, 3.05) is 75.3 Å². The fourth-order valence-electron chi connectivity index (χ4n) is 6.77. The third-order valence-electron chi connectivity index (χ3n) is 10.2. The zero-order valence-corrected chi connectivity index (χ0v) is 59.1. The van der Waals surface area contributed by atoms with Crippen LogP contribution >= 0.6 is 47.8 Å². The molecule has 3 N–H and O–H groups in total. The van der Waals surface area contributed by atoms with Crippen LogP contribution in [0.25, 0.3) is 10.4 Å². The molecule has 3 aliphatic rings. The first-order valence-electron chi connectivity index (χ1n) is 27.5. The zero-order valence-electron chi connectivity index (χ0n) is 54.3. The molecule has 0 bridgehead atoms.